The summed E-state index contributed by atoms with van der Waals surface area (Å²) in [6.45, 7) is 0.379. The fraction of sp³-hybridized carbons (Fsp3) is 0.258. The Hall–Kier alpha value is -4.33. The van der Waals surface area contributed by atoms with E-state index in [0.717, 1.165) is 16.3 Å². The number of ether oxygens (including phenoxy) is 2. The van der Waals surface area contributed by atoms with Gasteiger partial charge in [0.1, 0.15) is 29.7 Å². The van der Waals surface area contributed by atoms with Gasteiger partial charge in [0.25, 0.3) is 5.91 Å². The van der Waals surface area contributed by atoms with Gasteiger partial charge in [0.15, 0.2) is 15.7 Å². The van der Waals surface area contributed by atoms with Crippen molar-refractivity contribution in [2.45, 2.75) is 49.7 Å². The van der Waals surface area contributed by atoms with E-state index >= 15 is 0 Å². The molecule has 2 N–H and O–H groups in total. The minimum Gasteiger partial charge on any atom is -0.486 e. The number of H-pyrrole nitrogens is 1. The molecule has 11 nitrogen and oxygen atoms in total. The summed E-state index contributed by atoms with van der Waals surface area (Å²) in [6.07, 6.45) is 3.23. The highest BCUT2D eigenvalue weighted by Crippen LogP contribution is 2.40. The molecule has 0 spiro atoms. The summed E-state index contributed by atoms with van der Waals surface area (Å²) in [5.41, 5.74) is 2.79. The van der Waals surface area contributed by atoms with E-state index in [4.69, 9.17) is 21.1 Å². The number of aryl methyl sites for hydroxylation is 1. The molecule has 1 fully saturated rings. The highest BCUT2D eigenvalue weighted by atomic mass is 35.5. The smallest absolute Gasteiger partial charge is 0.255 e. The summed E-state index contributed by atoms with van der Waals surface area (Å²) >= 11 is 7.48. The first-order valence-corrected chi connectivity index (χ1v) is 17.2. The molecule has 0 atom stereocenters. The van der Waals surface area contributed by atoms with Crippen molar-refractivity contribution >= 4 is 44.4 Å². The van der Waals surface area contributed by atoms with E-state index in [-0.39, 0.29) is 23.2 Å². The zero-order chi connectivity index (χ0) is 31.2. The number of thiazole rings is 1. The molecule has 3 aromatic carbocycles. The van der Waals surface area contributed by atoms with Crippen LogP contribution >= 0.6 is 22.9 Å². The molecule has 0 bridgehead atoms. The van der Waals surface area contributed by atoms with E-state index in [1.807, 2.05) is 6.07 Å². The minimum absolute atomic E-state index is 0.0389. The van der Waals surface area contributed by atoms with Gasteiger partial charge >= 0.3 is 0 Å². The maximum absolute atomic E-state index is 13.4. The summed E-state index contributed by atoms with van der Waals surface area (Å²) in [5.74, 6) is 1.56. The van der Waals surface area contributed by atoms with Crippen molar-refractivity contribution in [2.24, 2.45) is 0 Å². The second-order valence-corrected chi connectivity index (χ2v) is 14.0. The molecule has 0 aliphatic heterocycles. The Morgan fingerprint density at radius 2 is 1.89 bits per heavy atom. The normalized spacial score (nSPS) is 13.0. The first-order valence-electron chi connectivity index (χ1n) is 14.3. The van der Waals surface area contributed by atoms with Crippen LogP contribution in [-0.4, -0.2) is 45.7 Å². The molecule has 6 rings (SSSR count). The monoisotopic (exact) mass is 664 g/mol. The third-order valence-corrected chi connectivity index (χ3v) is 10.0. The van der Waals surface area contributed by atoms with E-state index in [2.05, 4.69) is 36.3 Å². The lowest BCUT2D eigenvalue weighted by molar-refractivity contribution is 0.102. The number of aromatic amines is 1. The zero-order valence-electron chi connectivity index (χ0n) is 24.0. The highest BCUT2D eigenvalue weighted by Gasteiger charge is 2.26. The Kier molecular flexibility index (Phi) is 9.38. The van der Waals surface area contributed by atoms with Gasteiger partial charge in [0.2, 0.25) is 0 Å². The molecule has 232 valence electrons. The number of amides is 1. The highest BCUT2D eigenvalue weighted by molar-refractivity contribution is 7.91. The Bertz CT molecular complexity index is 1880. The third-order valence-electron chi connectivity index (χ3n) is 7.12. The zero-order valence-corrected chi connectivity index (χ0v) is 26.4. The second kappa shape index (κ2) is 13.8. The Morgan fingerprint density at radius 3 is 2.67 bits per heavy atom. The van der Waals surface area contributed by atoms with Crippen LogP contribution in [0.5, 0.6) is 11.5 Å². The number of sulfone groups is 1. The van der Waals surface area contributed by atoms with Crippen LogP contribution in [0.3, 0.4) is 0 Å². The predicted octanol–water partition coefficient (Wildman–Crippen LogP) is 6.00. The van der Waals surface area contributed by atoms with E-state index < -0.39 is 9.84 Å². The molecule has 1 saturated carbocycles. The molecule has 1 aliphatic rings. The molecule has 0 saturated heterocycles. The Morgan fingerprint density at radius 1 is 1.04 bits per heavy atom. The molecule has 0 radical (unpaired) electrons. The summed E-state index contributed by atoms with van der Waals surface area (Å²) in [6, 6.07) is 18.4. The quantitative estimate of drug-likeness (QED) is 0.146. The molecule has 2 heterocycles. The number of hydrogen-bond donors (Lipinski definition) is 2. The van der Waals surface area contributed by atoms with E-state index in [1.54, 1.807) is 59.9 Å². The van der Waals surface area contributed by atoms with Crippen LogP contribution in [0.4, 0.5) is 5.69 Å². The number of tetrazole rings is 1. The predicted molar refractivity (Wildman–Crippen MR) is 170 cm³/mol. The average Bonchev–Trinajstić information content (AvgIpc) is 3.54. The van der Waals surface area contributed by atoms with Gasteiger partial charge in [-0.15, -0.1) is 16.4 Å². The first-order chi connectivity index (χ1) is 21.8. The van der Waals surface area contributed by atoms with Gasteiger partial charge < -0.3 is 14.8 Å². The van der Waals surface area contributed by atoms with Gasteiger partial charge in [-0.1, -0.05) is 23.7 Å². The molecule has 5 aromatic rings. The van der Waals surface area contributed by atoms with Gasteiger partial charge in [0, 0.05) is 21.9 Å². The van der Waals surface area contributed by atoms with Gasteiger partial charge in [-0.25, -0.2) is 18.5 Å². The van der Waals surface area contributed by atoms with Crippen molar-refractivity contribution in [1.82, 2.24) is 25.6 Å². The Labute approximate surface area is 268 Å². The standard InChI is InChI=1S/C31H29ClN6O5S2/c32-23-9-11-25(12-10-23)45(40,41)14-2-3-20-6-13-28(43-17-29-35-37-38-36-29)26(15-20)34-31(39)22-4-1-5-24(16-22)42-18-30-33-27(19-44-30)21-7-8-21/h1,4-6,9-13,15-16,19,21H,2-3,7-8,14,17-18H2,(H,34,39)(H,35,36,37,38). The largest absolute Gasteiger partial charge is 0.486 e. The van der Waals surface area contributed by atoms with Gasteiger partial charge in [0.05, 0.1) is 22.0 Å². The molecule has 2 aromatic heterocycles. The maximum Gasteiger partial charge on any atom is 0.255 e. The SMILES string of the molecule is O=C(Nc1cc(CCCS(=O)(=O)c2ccc(Cl)cc2)ccc1OCc1nnn[nH]1)c1cccc(OCc2nc(C3CC3)cs2)c1. The second-order valence-electron chi connectivity index (χ2n) is 10.6. The number of aromatic nitrogens is 5. The minimum atomic E-state index is -3.47. The molecule has 1 amide bonds. The fourth-order valence-electron chi connectivity index (χ4n) is 4.59. The molecular formula is C31H29ClN6O5S2. The number of nitrogens with zero attached hydrogens (tertiary/aromatic N) is 4. The van der Waals surface area contributed by atoms with Gasteiger partial charge in [-0.3, -0.25) is 4.79 Å². The van der Waals surface area contributed by atoms with Crippen molar-refractivity contribution in [1.29, 1.82) is 0 Å². The maximum atomic E-state index is 13.4. The van der Waals surface area contributed by atoms with Crippen molar-refractivity contribution < 1.29 is 22.7 Å². The van der Waals surface area contributed by atoms with Crippen molar-refractivity contribution in [3.8, 4) is 11.5 Å². The van der Waals surface area contributed by atoms with E-state index in [1.165, 1.54) is 25.0 Å². The number of nitrogens with one attached hydrogen (secondary N) is 2. The van der Waals surface area contributed by atoms with Gasteiger partial charge in [-0.2, -0.15) is 0 Å². The summed E-state index contributed by atoms with van der Waals surface area (Å²) < 4.78 is 37.4. The van der Waals surface area contributed by atoms with Crippen LogP contribution in [0.2, 0.25) is 5.02 Å². The molecular weight excluding hydrogens is 636 g/mol. The number of hydrogen-bond acceptors (Lipinski definition) is 10. The van der Waals surface area contributed by atoms with Crippen molar-refractivity contribution in [2.75, 3.05) is 11.1 Å². The topological polar surface area (TPSA) is 149 Å². The van der Waals surface area contributed by atoms with Crippen molar-refractivity contribution in [3.05, 3.63) is 105 Å². The lowest BCUT2D eigenvalue weighted by atomic mass is 10.1. The van der Waals surface area contributed by atoms with Gasteiger partial charge in [-0.05, 0) is 96.3 Å². The lowest BCUT2D eigenvalue weighted by Crippen LogP contribution is -2.14. The lowest BCUT2D eigenvalue weighted by Gasteiger charge is -2.14. The number of carbonyl (C=O) groups is 1. The third kappa shape index (κ3) is 8.24. The molecule has 14 heteroatoms. The van der Waals surface area contributed by atoms with Crippen LogP contribution in [0, 0.1) is 0 Å². The van der Waals surface area contributed by atoms with Crippen LogP contribution in [0.15, 0.2) is 77.0 Å². The fourth-order valence-corrected chi connectivity index (χ4v) is 6.82. The van der Waals surface area contributed by atoms with E-state index in [0.29, 0.717) is 59.0 Å². The number of carbonyl (C=O) groups excluding carboxylic acids is 1. The average molecular weight is 665 g/mol. The molecule has 0 unspecified atom stereocenters. The van der Waals surface area contributed by atoms with Crippen molar-refractivity contribution in [3.63, 3.8) is 0 Å². The number of rotatable bonds is 14. The summed E-state index contributed by atoms with van der Waals surface area (Å²) in [7, 11) is -3.47. The summed E-state index contributed by atoms with van der Waals surface area (Å²) in [4.78, 5) is 18.3. The number of halogens is 1. The number of anilines is 1. The Balaban J connectivity index is 1.13. The van der Waals surface area contributed by atoms with Crippen LogP contribution < -0.4 is 14.8 Å². The molecule has 45 heavy (non-hydrogen) atoms. The van der Waals surface area contributed by atoms with Crippen LogP contribution in [0.25, 0.3) is 0 Å². The first kappa shape index (κ1) is 30.7. The van der Waals surface area contributed by atoms with E-state index in [9.17, 15) is 13.2 Å². The van der Waals surface area contributed by atoms with Crippen LogP contribution in [0.1, 0.15) is 57.6 Å². The van der Waals surface area contributed by atoms with Crippen LogP contribution in [-0.2, 0) is 29.5 Å². The summed E-state index contributed by atoms with van der Waals surface area (Å²) in [5, 5.41) is 20.0. The number of benzene rings is 3. The molecule has 1 aliphatic carbocycles.